The summed E-state index contributed by atoms with van der Waals surface area (Å²) in [6, 6.07) is 9.96. The molecule has 0 aliphatic carbocycles. The van der Waals surface area contributed by atoms with Gasteiger partial charge in [-0.1, -0.05) is 25.1 Å². The molecule has 2 rings (SSSR count). The van der Waals surface area contributed by atoms with Crippen molar-refractivity contribution in [2.45, 2.75) is 40.7 Å². The molecule has 0 saturated carbocycles. The van der Waals surface area contributed by atoms with Crippen molar-refractivity contribution >= 4 is 0 Å². The normalized spacial score (nSPS) is 10.9. The van der Waals surface area contributed by atoms with Crippen LogP contribution in [-0.2, 0) is 6.54 Å². The number of rotatable bonds is 5. The zero-order chi connectivity index (χ0) is 15.4. The first kappa shape index (κ1) is 15.7. The number of benzene rings is 2. The SMILES string of the molecule is CCCNCc1ccc(C)c(-c2c(C)cc(C)cc2F)c1. The summed E-state index contributed by atoms with van der Waals surface area (Å²) in [5.74, 6) is -0.130. The lowest BCUT2D eigenvalue weighted by molar-refractivity contribution is 0.629. The van der Waals surface area contributed by atoms with Gasteiger partial charge in [0.15, 0.2) is 0 Å². The minimum atomic E-state index is -0.130. The molecule has 2 aromatic rings. The molecule has 0 spiro atoms. The lowest BCUT2D eigenvalue weighted by atomic mass is 9.93. The Morgan fingerprint density at radius 3 is 2.43 bits per heavy atom. The van der Waals surface area contributed by atoms with Crippen molar-refractivity contribution in [1.82, 2.24) is 5.32 Å². The summed E-state index contributed by atoms with van der Waals surface area (Å²) in [7, 11) is 0. The molecular weight excluding hydrogens is 261 g/mol. The summed E-state index contributed by atoms with van der Waals surface area (Å²) in [5, 5.41) is 3.39. The Kier molecular flexibility index (Phi) is 5.13. The molecule has 1 N–H and O–H groups in total. The average molecular weight is 285 g/mol. The highest BCUT2D eigenvalue weighted by atomic mass is 19.1. The van der Waals surface area contributed by atoms with Crippen LogP contribution in [0.5, 0.6) is 0 Å². The van der Waals surface area contributed by atoms with Crippen LogP contribution >= 0.6 is 0 Å². The molecule has 0 aliphatic rings. The van der Waals surface area contributed by atoms with E-state index in [0.29, 0.717) is 0 Å². The highest BCUT2D eigenvalue weighted by molar-refractivity contribution is 5.72. The molecule has 112 valence electrons. The second kappa shape index (κ2) is 6.86. The summed E-state index contributed by atoms with van der Waals surface area (Å²) in [5.41, 5.74) is 6.00. The van der Waals surface area contributed by atoms with E-state index in [1.54, 1.807) is 6.07 Å². The van der Waals surface area contributed by atoms with E-state index in [-0.39, 0.29) is 5.82 Å². The van der Waals surface area contributed by atoms with Crippen LogP contribution in [0.3, 0.4) is 0 Å². The summed E-state index contributed by atoms with van der Waals surface area (Å²) in [6.07, 6.45) is 1.12. The van der Waals surface area contributed by atoms with E-state index < -0.39 is 0 Å². The van der Waals surface area contributed by atoms with E-state index >= 15 is 0 Å². The van der Waals surface area contributed by atoms with Crippen molar-refractivity contribution in [3.8, 4) is 11.1 Å². The van der Waals surface area contributed by atoms with Crippen LogP contribution in [0, 0.1) is 26.6 Å². The lowest BCUT2D eigenvalue weighted by Gasteiger charge is -2.14. The zero-order valence-corrected chi connectivity index (χ0v) is 13.4. The molecule has 0 heterocycles. The number of hydrogen-bond donors (Lipinski definition) is 1. The van der Waals surface area contributed by atoms with Gasteiger partial charge < -0.3 is 5.32 Å². The highest BCUT2D eigenvalue weighted by Crippen LogP contribution is 2.31. The third-order valence-electron chi connectivity index (χ3n) is 3.76. The fourth-order valence-electron chi connectivity index (χ4n) is 2.71. The number of aryl methyl sites for hydroxylation is 3. The van der Waals surface area contributed by atoms with E-state index in [1.165, 1.54) is 5.56 Å². The first-order valence-corrected chi connectivity index (χ1v) is 7.60. The van der Waals surface area contributed by atoms with Gasteiger partial charge in [0.25, 0.3) is 0 Å². The van der Waals surface area contributed by atoms with Crippen molar-refractivity contribution in [3.05, 3.63) is 58.4 Å². The molecule has 1 nitrogen and oxygen atoms in total. The summed E-state index contributed by atoms with van der Waals surface area (Å²) >= 11 is 0. The third kappa shape index (κ3) is 3.70. The van der Waals surface area contributed by atoms with Gasteiger partial charge in [0.1, 0.15) is 5.82 Å². The zero-order valence-electron chi connectivity index (χ0n) is 13.4. The molecular formula is C19H24FN. The molecule has 0 radical (unpaired) electrons. The van der Waals surface area contributed by atoms with E-state index in [2.05, 4.69) is 30.4 Å². The van der Waals surface area contributed by atoms with Gasteiger partial charge in [-0.05, 0) is 73.7 Å². The fourth-order valence-corrected chi connectivity index (χ4v) is 2.71. The largest absolute Gasteiger partial charge is 0.313 e. The maximum Gasteiger partial charge on any atom is 0.131 e. The summed E-state index contributed by atoms with van der Waals surface area (Å²) in [6.45, 7) is 9.93. The van der Waals surface area contributed by atoms with Crippen molar-refractivity contribution in [1.29, 1.82) is 0 Å². The van der Waals surface area contributed by atoms with Crippen molar-refractivity contribution in [2.24, 2.45) is 0 Å². The van der Waals surface area contributed by atoms with Gasteiger partial charge in [0, 0.05) is 12.1 Å². The Morgan fingerprint density at radius 1 is 1.00 bits per heavy atom. The maximum absolute atomic E-state index is 14.4. The molecule has 0 amide bonds. The molecule has 2 heteroatoms. The maximum atomic E-state index is 14.4. The van der Waals surface area contributed by atoms with Crippen LogP contribution in [-0.4, -0.2) is 6.54 Å². The first-order chi connectivity index (χ1) is 10.0. The minimum Gasteiger partial charge on any atom is -0.313 e. The predicted octanol–water partition coefficient (Wildman–Crippen LogP) is 4.92. The molecule has 0 bridgehead atoms. The summed E-state index contributed by atoms with van der Waals surface area (Å²) < 4.78 is 14.4. The van der Waals surface area contributed by atoms with Crippen molar-refractivity contribution in [3.63, 3.8) is 0 Å². The van der Waals surface area contributed by atoms with Crippen LogP contribution in [0.4, 0.5) is 4.39 Å². The van der Waals surface area contributed by atoms with Gasteiger partial charge in [0.05, 0.1) is 0 Å². The summed E-state index contributed by atoms with van der Waals surface area (Å²) in [4.78, 5) is 0. The molecule has 0 saturated heterocycles. The molecule has 2 aromatic carbocycles. The van der Waals surface area contributed by atoms with Gasteiger partial charge in [-0.15, -0.1) is 0 Å². The van der Waals surface area contributed by atoms with Gasteiger partial charge in [-0.3, -0.25) is 0 Å². The van der Waals surface area contributed by atoms with Gasteiger partial charge in [-0.25, -0.2) is 4.39 Å². The quantitative estimate of drug-likeness (QED) is 0.769. The van der Waals surface area contributed by atoms with Crippen molar-refractivity contribution < 1.29 is 4.39 Å². The van der Waals surface area contributed by atoms with Gasteiger partial charge in [0.2, 0.25) is 0 Å². The monoisotopic (exact) mass is 285 g/mol. The average Bonchev–Trinajstić information content (AvgIpc) is 2.41. The predicted molar refractivity (Wildman–Crippen MR) is 88.0 cm³/mol. The van der Waals surface area contributed by atoms with Crippen molar-refractivity contribution in [2.75, 3.05) is 6.54 Å². The molecule has 0 atom stereocenters. The Labute approximate surface area is 127 Å². The van der Waals surface area contributed by atoms with E-state index in [1.807, 2.05) is 26.8 Å². The number of nitrogens with one attached hydrogen (secondary N) is 1. The van der Waals surface area contributed by atoms with E-state index in [4.69, 9.17) is 0 Å². The van der Waals surface area contributed by atoms with Crippen LogP contribution in [0.2, 0.25) is 0 Å². The van der Waals surface area contributed by atoms with Gasteiger partial charge in [-0.2, -0.15) is 0 Å². The number of halogens is 1. The Balaban J connectivity index is 2.41. The van der Waals surface area contributed by atoms with E-state index in [9.17, 15) is 4.39 Å². The molecule has 0 aliphatic heterocycles. The smallest absolute Gasteiger partial charge is 0.131 e. The van der Waals surface area contributed by atoms with Crippen LogP contribution < -0.4 is 5.32 Å². The Hall–Kier alpha value is -1.67. The minimum absolute atomic E-state index is 0.130. The second-order valence-electron chi connectivity index (χ2n) is 5.76. The number of hydrogen-bond acceptors (Lipinski definition) is 1. The van der Waals surface area contributed by atoms with Crippen LogP contribution in [0.25, 0.3) is 11.1 Å². The standard InChI is InChI=1S/C19H24FN/c1-5-8-21-12-16-7-6-14(3)17(11-16)19-15(4)9-13(2)10-18(19)20/h6-7,9-11,21H,5,8,12H2,1-4H3. The van der Waals surface area contributed by atoms with E-state index in [0.717, 1.165) is 47.3 Å². The molecule has 0 aromatic heterocycles. The first-order valence-electron chi connectivity index (χ1n) is 7.60. The Morgan fingerprint density at radius 2 is 1.76 bits per heavy atom. The molecule has 0 unspecified atom stereocenters. The van der Waals surface area contributed by atoms with Crippen LogP contribution in [0.1, 0.15) is 35.6 Å². The third-order valence-corrected chi connectivity index (χ3v) is 3.76. The molecule has 21 heavy (non-hydrogen) atoms. The Bertz CT molecular complexity index is 608. The molecule has 0 fully saturated rings. The van der Waals surface area contributed by atoms with Gasteiger partial charge >= 0.3 is 0 Å². The fraction of sp³-hybridized carbons (Fsp3) is 0.368. The topological polar surface area (TPSA) is 12.0 Å². The lowest BCUT2D eigenvalue weighted by Crippen LogP contribution is -2.13. The van der Waals surface area contributed by atoms with Crippen LogP contribution in [0.15, 0.2) is 30.3 Å². The second-order valence-corrected chi connectivity index (χ2v) is 5.76. The highest BCUT2D eigenvalue weighted by Gasteiger charge is 2.12.